The smallest absolute Gasteiger partial charge is 0.208 e. The number of sulfonamides is 1. The number of thiocarbonyl (C=S) groups is 1. The van der Waals surface area contributed by atoms with E-state index in [4.69, 9.17) is 18.0 Å². The molecular formula is C11H18N4O2S2. The highest BCUT2D eigenvalue weighted by molar-refractivity contribution is 7.88. The summed E-state index contributed by atoms with van der Waals surface area (Å²) in [6.07, 6.45) is 1.12. The van der Waals surface area contributed by atoms with Gasteiger partial charge in [0.15, 0.2) is 0 Å². The maximum Gasteiger partial charge on any atom is 0.208 e. The van der Waals surface area contributed by atoms with Gasteiger partial charge in [0.1, 0.15) is 4.99 Å². The van der Waals surface area contributed by atoms with Crippen LogP contribution < -0.4 is 15.8 Å². The number of nitrogens with two attached hydrogens (primary N) is 1. The zero-order valence-corrected chi connectivity index (χ0v) is 12.8. The van der Waals surface area contributed by atoms with Crippen LogP contribution in [0, 0.1) is 13.8 Å². The highest BCUT2D eigenvalue weighted by atomic mass is 32.2. The van der Waals surface area contributed by atoms with Crippen LogP contribution in [0.25, 0.3) is 0 Å². The van der Waals surface area contributed by atoms with Crippen LogP contribution in [0.4, 0.5) is 5.69 Å². The summed E-state index contributed by atoms with van der Waals surface area (Å²) in [5, 5.41) is 3.11. The number of anilines is 1. The number of aryl methyl sites for hydroxylation is 2. The quantitative estimate of drug-likeness (QED) is 0.516. The minimum absolute atomic E-state index is 0.267. The summed E-state index contributed by atoms with van der Waals surface area (Å²) in [5.74, 6) is 0. The summed E-state index contributed by atoms with van der Waals surface area (Å²) >= 11 is 5.00. The van der Waals surface area contributed by atoms with E-state index >= 15 is 0 Å². The third kappa shape index (κ3) is 5.09. The second-order valence-corrected chi connectivity index (χ2v) is 6.50. The Morgan fingerprint density at radius 3 is 2.58 bits per heavy atom. The molecule has 1 aromatic heterocycles. The molecule has 0 aliphatic rings. The van der Waals surface area contributed by atoms with E-state index in [1.165, 1.54) is 0 Å². The molecule has 0 unspecified atom stereocenters. The number of rotatable bonds is 6. The predicted molar refractivity (Wildman–Crippen MR) is 80.9 cm³/mol. The van der Waals surface area contributed by atoms with Crippen LogP contribution >= 0.6 is 12.2 Å². The molecule has 0 bridgehead atoms. The van der Waals surface area contributed by atoms with Gasteiger partial charge in [-0.2, -0.15) is 0 Å². The Balaban J connectivity index is 2.80. The van der Waals surface area contributed by atoms with E-state index < -0.39 is 10.0 Å². The van der Waals surface area contributed by atoms with Crippen molar-refractivity contribution in [1.82, 2.24) is 9.71 Å². The van der Waals surface area contributed by atoms with Crippen LogP contribution in [-0.2, 0) is 10.0 Å². The van der Waals surface area contributed by atoms with Crippen molar-refractivity contribution in [3.8, 4) is 0 Å². The van der Waals surface area contributed by atoms with Gasteiger partial charge in [0.05, 0.1) is 11.8 Å². The van der Waals surface area contributed by atoms with E-state index in [0.29, 0.717) is 12.1 Å². The molecule has 0 aromatic carbocycles. The monoisotopic (exact) mass is 302 g/mol. The topological polar surface area (TPSA) is 97.1 Å². The SMILES string of the molecule is Cc1cc(NCCNS(C)(=O)=O)c(C(N)=S)c(C)n1. The number of nitrogens with one attached hydrogen (secondary N) is 2. The molecule has 0 amide bonds. The summed E-state index contributed by atoms with van der Waals surface area (Å²) in [4.78, 5) is 4.57. The molecule has 0 fully saturated rings. The molecule has 6 nitrogen and oxygen atoms in total. The van der Waals surface area contributed by atoms with Crippen molar-refractivity contribution in [1.29, 1.82) is 0 Å². The van der Waals surface area contributed by atoms with Gasteiger partial charge >= 0.3 is 0 Å². The third-order valence-corrected chi connectivity index (χ3v) is 3.31. The lowest BCUT2D eigenvalue weighted by Crippen LogP contribution is -2.28. The fraction of sp³-hybridized carbons (Fsp3) is 0.455. The molecule has 19 heavy (non-hydrogen) atoms. The lowest BCUT2D eigenvalue weighted by molar-refractivity contribution is 0.589. The first-order valence-corrected chi connectivity index (χ1v) is 7.97. The van der Waals surface area contributed by atoms with Crippen molar-refractivity contribution in [3.05, 3.63) is 23.0 Å². The van der Waals surface area contributed by atoms with E-state index in [-0.39, 0.29) is 11.5 Å². The van der Waals surface area contributed by atoms with Gasteiger partial charge in [-0.3, -0.25) is 4.98 Å². The maximum absolute atomic E-state index is 10.9. The molecule has 106 valence electrons. The second-order valence-electron chi connectivity index (χ2n) is 4.23. The second kappa shape index (κ2) is 6.27. The van der Waals surface area contributed by atoms with Crippen LogP contribution in [0.5, 0.6) is 0 Å². The first-order valence-electron chi connectivity index (χ1n) is 5.67. The summed E-state index contributed by atoms with van der Waals surface area (Å²) < 4.78 is 24.3. The van der Waals surface area contributed by atoms with Crippen molar-refractivity contribution in [3.63, 3.8) is 0 Å². The molecule has 0 saturated heterocycles. The zero-order chi connectivity index (χ0) is 14.6. The van der Waals surface area contributed by atoms with Gasteiger partial charge in [0.2, 0.25) is 10.0 Å². The predicted octanol–water partition coefficient (Wildman–Crippen LogP) is 0.294. The van der Waals surface area contributed by atoms with E-state index in [2.05, 4.69) is 15.0 Å². The molecule has 0 atom stereocenters. The molecule has 0 spiro atoms. The number of nitrogens with zero attached hydrogens (tertiary/aromatic N) is 1. The van der Waals surface area contributed by atoms with Gasteiger partial charge in [0, 0.05) is 30.2 Å². The van der Waals surface area contributed by atoms with E-state index in [0.717, 1.165) is 23.3 Å². The summed E-state index contributed by atoms with van der Waals surface area (Å²) in [5.41, 5.74) is 8.74. The van der Waals surface area contributed by atoms with E-state index in [1.54, 1.807) is 0 Å². The average molecular weight is 302 g/mol. The minimum Gasteiger partial charge on any atom is -0.389 e. The fourth-order valence-corrected chi connectivity index (χ4v) is 2.44. The van der Waals surface area contributed by atoms with Crippen molar-refractivity contribution < 1.29 is 8.42 Å². The Morgan fingerprint density at radius 1 is 1.42 bits per heavy atom. The van der Waals surface area contributed by atoms with E-state index in [1.807, 2.05) is 19.9 Å². The molecule has 0 aliphatic heterocycles. The first-order chi connectivity index (χ1) is 8.70. The highest BCUT2D eigenvalue weighted by Gasteiger charge is 2.10. The number of pyridine rings is 1. The lowest BCUT2D eigenvalue weighted by Gasteiger charge is -2.14. The van der Waals surface area contributed by atoms with Crippen LogP contribution in [-0.4, -0.2) is 37.7 Å². The Labute approximate surface area is 118 Å². The Bertz CT molecular complexity index is 585. The molecule has 0 radical (unpaired) electrons. The summed E-state index contributed by atoms with van der Waals surface area (Å²) in [6, 6.07) is 1.84. The summed E-state index contributed by atoms with van der Waals surface area (Å²) in [7, 11) is -3.17. The highest BCUT2D eigenvalue weighted by Crippen LogP contribution is 2.19. The molecule has 0 aliphatic carbocycles. The van der Waals surface area contributed by atoms with Gasteiger partial charge < -0.3 is 11.1 Å². The lowest BCUT2D eigenvalue weighted by atomic mass is 10.1. The first kappa shape index (κ1) is 15.8. The average Bonchev–Trinajstić information content (AvgIpc) is 2.21. The van der Waals surface area contributed by atoms with Gasteiger partial charge in [-0.1, -0.05) is 12.2 Å². The molecule has 8 heteroatoms. The van der Waals surface area contributed by atoms with Crippen LogP contribution in [0.15, 0.2) is 6.07 Å². The van der Waals surface area contributed by atoms with Gasteiger partial charge in [-0.25, -0.2) is 13.1 Å². The van der Waals surface area contributed by atoms with Gasteiger partial charge in [0.25, 0.3) is 0 Å². The summed E-state index contributed by atoms with van der Waals surface area (Å²) in [6.45, 7) is 4.43. The number of aromatic nitrogens is 1. The standard InChI is InChI=1S/C11H18N4O2S2/c1-7-6-9(10(11(12)18)8(2)15-7)13-4-5-14-19(3,16)17/h6,14H,4-5H2,1-3H3,(H2,12,18)(H,13,15). The number of hydrogen-bond donors (Lipinski definition) is 3. The Hall–Kier alpha value is -1.25. The Kier molecular flexibility index (Phi) is 5.21. The van der Waals surface area contributed by atoms with Crippen molar-refractivity contribution >= 4 is 32.9 Å². The van der Waals surface area contributed by atoms with Crippen molar-refractivity contribution in [2.75, 3.05) is 24.7 Å². The molecule has 0 saturated carbocycles. The fourth-order valence-electron chi connectivity index (χ4n) is 1.71. The third-order valence-electron chi connectivity index (χ3n) is 2.38. The van der Waals surface area contributed by atoms with Crippen LogP contribution in [0.3, 0.4) is 0 Å². The normalized spacial score (nSPS) is 11.3. The minimum atomic E-state index is -3.17. The molecule has 1 aromatic rings. The van der Waals surface area contributed by atoms with Gasteiger partial charge in [-0.05, 0) is 19.9 Å². The molecule has 1 rings (SSSR count). The molecular weight excluding hydrogens is 284 g/mol. The molecule has 4 N–H and O–H groups in total. The van der Waals surface area contributed by atoms with Crippen LogP contribution in [0.2, 0.25) is 0 Å². The van der Waals surface area contributed by atoms with Gasteiger partial charge in [-0.15, -0.1) is 0 Å². The largest absolute Gasteiger partial charge is 0.389 e. The van der Waals surface area contributed by atoms with Crippen molar-refractivity contribution in [2.24, 2.45) is 5.73 Å². The number of hydrogen-bond acceptors (Lipinski definition) is 5. The zero-order valence-electron chi connectivity index (χ0n) is 11.1. The van der Waals surface area contributed by atoms with Crippen molar-refractivity contribution in [2.45, 2.75) is 13.8 Å². The van der Waals surface area contributed by atoms with E-state index in [9.17, 15) is 8.42 Å². The maximum atomic E-state index is 10.9. The van der Waals surface area contributed by atoms with Crippen LogP contribution in [0.1, 0.15) is 17.0 Å². The Morgan fingerprint density at radius 2 is 2.05 bits per heavy atom. The molecule has 1 heterocycles.